The molecule has 3 aliphatic rings. The summed E-state index contributed by atoms with van der Waals surface area (Å²) < 4.78 is 11.6. The number of hydrogen-bond acceptors (Lipinski definition) is 7. The number of nitrogens with one attached hydrogen (secondary N) is 1. The second kappa shape index (κ2) is 14.4. The standard InChI is InChI=1S/C29H35N6O4.C5H12.H2/c1-7-9-22(23-10-8-14-31-26(23)38-21-18-35(19-21)27(36)20-11-12-20)25-32-24(13-16-33(25)5)30-15-17-34(6)28(37)39-29(2,3)4;1-5(2,3)4;/h8-14,16,21H,1,15,17-19H2,2-6H3,(H,30,32);1-4H3;1H/b25-22+;;. The normalized spacial score (nSPS) is 18.1. The average Bonchev–Trinajstić information content (AvgIpc) is 3.74. The van der Waals surface area contributed by atoms with E-state index in [0.717, 1.165) is 22.5 Å². The van der Waals surface area contributed by atoms with Crippen molar-refractivity contribution in [2.45, 2.75) is 60.2 Å². The maximum absolute atomic E-state index is 12.2. The van der Waals surface area contributed by atoms with Gasteiger partial charge in [-0.2, -0.15) is 0 Å². The SMILES string of the molecule is C=C=C/C(=C1/NC(=NCCN(C)C(=O)OC(C)(C)C)C=CN1C)c1cccnc1OC1CN(C(=O)C2=C[CH]2)C1.CC(C)(C)C.[HH]. The molecule has 10 heteroatoms. The summed E-state index contributed by atoms with van der Waals surface area (Å²) in [4.78, 5) is 38.7. The third kappa shape index (κ3) is 10.8. The van der Waals surface area contributed by atoms with E-state index in [1.165, 1.54) is 4.90 Å². The molecule has 2 aliphatic heterocycles. The molecule has 0 aromatic carbocycles. The highest BCUT2D eigenvalue weighted by Gasteiger charge is 2.36. The van der Waals surface area contributed by atoms with Crippen molar-refractivity contribution >= 4 is 23.4 Å². The van der Waals surface area contributed by atoms with Crippen LogP contribution in [0.3, 0.4) is 0 Å². The van der Waals surface area contributed by atoms with Gasteiger partial charge in [-0.1, -0.05) is 40.3 Å². The van der Waals surface area contributed by atoms with Crippen LogP contribution in [0.15, 0.2) is 71.5 Å². The predicted octanol–water partition coefficient (Wildman–Crippen LogP) is 5.44. The molecule has 1 aromatic heterocycles. The molecule has 239 valence electrons. The number of ether oxygens (including phenoxy) is 2. The predicted molar refractivity (Wildman–Crippen MR) is 177 cm³/mol. The van der Waals surface area contributed by atoms with Gasteiger partial charge in [-0.3, -0.25) is 9.79 Å². The van der Waals surface area contributed by atoms with Gasteiger partial charge in [-0.15, -0.1) is 5.73 Å². The highest BCUT2D eigenvalue weighted by molar-refractivity contribution is 6.01. The van der Waals surface area contributed by atoms with E-state index in [-0.39, 0.29) is 19.5 Å². The fraction of sp³-hybridized carbons (Fsp3) is 0.471. The smallest absolute Gasteiger partial charge is 0.410 e. The number of aromatic nitrogens is 1. The third-order valence-electron chi connectivity index (χ3n) is 6.03. The summed E-state index contributed by atoms with van der Waals surface area (Å²) in [6.45, 7) is 19.8. The van der Waals surface area contributed by atoms with Gasteiger partial charge in [0.2, 0.25) is 11.8 Å². The first kappa shape index (κ1) is 34.2. The van der Waals surface area contributed by atoms with E-state index in [9.17, 15) is 9.59 Å². The molecular formula is C34H49N6O4. The van der Waals surface area contributed by atoms with Crippen molar-refractivity contribution in [1.29, 1.82) is 0 Å². The summed E-state index contributed by atoms with van der Waals surface area (Å²) >= 11 is 0. The third-order valence-corrected chi connectivity index (χ3v) is 6.03. The highest BCUT2D eigenvalue weighted by atomic mass is 16.6. The summed E-state index contributed by atoms with van der Waals surface area (Å²) in [6.07, 6.45) is 10.3. The molecule has 10 nitrogen and oxygen atoms in total. The number of aliphatic imine (C=N–C) groups is 1. The van der Waals surface area contributed by atoms with Crippen LogP contribution in [0.25, 0.3) is 5.57 Å². The van der Waals surface area contributed by atoms with Gasteiger partial charge in [0.1, 0.15) is 23.4 Å². The van der Waals surface area contributed by atoms with E-state index in [2.05, 4.69) is 55.3 Å². The number of rotatable bonds is 8. The van der Waals surface area contributed by atoms with Crippen LogP contribution in [0.1, 0.15) is 55.5 Å². The van der Waals surface area contributed by atoms with Crippen molar-refractivity contribution in [3.8, 4) is 5.88 Å². The van der Waals surface area contributed by atoms with Gasteiger partial charge in [0.15, 0.2) is 0 Å². The van der Waals surface area contributed by atoms with Crippen LogP contribution in [0.4, 0.5) is 4.79 Å². The molecule has 1 radical (unpaired) electrons. The van der Waals surface area contributed by atoms with Crippen molar-refractivity contribution in [3.63, 3.8) is 0 Å². The zero-order valence-electron chi connectivity index (χ0n) is 27.6. The molecule has 3 heterocycles. The number of likely N-dealkylation sites (N-methyl/N-ethyl adjacent to an activating group) is 1. The van der Waals surface area contributed by atoms with Gasteiger partial charge < -0.3 is 29.5 Å². The Bertz CT molecular complexity index is 1380. The maximum atomic E-state index is 12.2. The Balaban J connectivity index is 0.00000109. The molecule has 0 bridgehead atoms. The molecule has 0 atom stereocenters. The number of hydrogen-bond donors (Lipinski definition) is 1. The summed E-state index contributed by atoms with van der Waals surface area (Å²) in [5, 5.41) is 3.37. The molecule has 0 unspecified atom stereocenters. The van der Waals surface area contributed by atoms with Crippen molar-refractivity contribution in [1.82, 2.24) is 25.0 Å². The van der Waals surface area contributed by atoms with Crippen LogP contribution in [-0.4, -0.2) is 89.5 Å². The second-order valence-electron chi connectivity index (χ2n) is 13.4. The van der Waals surface area contributed by atoms with E-state index in [4.69, 9.17) is 9.47 Å². The van der Waals surface area contributed by atoms with Crippen molar-refractivity contribution in [2.24, 2.45) is 10.4 Å². The van der Waals surface area contributed by atoms with Gasteiger partial charge in [-0.05, 0) is 50.5 Å². The van der Waals surface area contributed by atoms with E-state index in [1.54, 1.807) is 24.2 Å². The number of pyridine rings is 1. The molecule has 1 fully saturated rings. The van der Waals surface area contributed by atoms with Gasteiger partial charge >= 0.3 is 6.09 Å². The number of carbonyl (C=O) groups is 2. The Morgan fingerprint density at radius 2 is 1.91 bits per heavy atom. The van der Waals surface area contributed by atoms with E-state index in [1.807, 2.05) is 69.6 Å². The van der Waals surface area contributed by atoms with Gasteiger partial charge in [-0.25, -0.2) is 9.78 Å². The Morgan fingerprint density at radius 3 is 2.50 bits per heavy atom. The number of amides is 2. The van der Waals surface area contributed by atoms with Crippen LogP contribution in [0.5, 0.6) is 5.88 Å². The summed E-state index contributed by atoms with van der Waals surface area (Å²) in [6, 6.07) is 3.76. The molecule has 4 rings (SSSR count). The minimum atomic E-state index is -0.554. The number of allylic oxidation sites excluding steroid dienone is 3. The maximum Gasteiger partial charge on any atom is 0.410 e. The molecular weight excluding hydrogens is 556 g/mol. The fourth-order valence-corrected chi connectivity index (χ4v) is 3.88. The number of carbonyl (C=O) groups excluding carboxylic acids is 2. The first-order valence-electron chi connectivity index (χ1n) is 14.8. The van der Waals surface area contributed by atoms with Crippen molar-refractivity contribution in [2.75, 3.05) is 40.3 Å². The molecule has 1 aromatic rings. The first-order valence-corrected chi connectivity index (χ1v) is 14.8. The summed E-state index contributed by atoms with van der Waals surface area (Å²) in [5.41, 5.74) is 5.09. The number of amidine groups is 1. The van der Waals surface area contributed by atoms with Crippen molar-refractivity contribution < 1.29 is 20.5 Å². The molecule has 0 saturated carbocycles. The first-order chi connectivity index (χ1) is 20.6. The number of likely N-dealkylation sites (tertiary alicyclic amines) is 1. The summed E-state index contributed by atoms with van der Waals surface area (Å²) in [5.74, 6) is 1.88. The lowest BCUT2D eigenvalue weighted by Crippen LogP contribution is -2.56. The average molecular weight is 606 g/mol. The highest BCUT2D eigenvalue weighted by Crippen LogP contribution is 2.31. The largest absolute Gasteiger partial charge is 0.470 e. The van der Waals surface area contributed by atoms with E-state index in [0.29, 0.717) is 43.3 Å². The minimum absolute atomic E-state index is 0. The molecule has 44 heavy (non-hydrogen) atoms. The molecule has 2 amide bonds. The topological polar surface area (TPSA) is 99.6 Å². The van der Waals surface area contributed by atoms with E-state index < -0.39 is 5.60 Å². The quantitative estimate of drug-likeness (QED) is 0.394. The van der Waals surface area contributed by atoms with Gasteiger partial charge in [0.05, 0.1) is 19.6 Å². The Labute approximate surface area is 264 Å². The van der Waals surface area contributed by atoms with Crippen LogP contribution in [0, 0.1) is 11.8 Å². The van der Waals surface area contributed by atoms with Crippen LogP contribution >= 0.6 is 0 Å². The molecule has 0 spiro atoms. The Hall–Kier alpha value is -4.30. The van der Waals surface area contributed by atoms with E-state index >= 15 is 0 Å². The Morgan fingerprint density at radius 1 is 1.25 bits per heavy atom. The Kier molecular flexibility index (Phi) is 11.2. The van der Waals surface area contributed by atoms with Crippen LogP contribution in [0.2, 0.25) is 0 Å². The van der Waals surface area contributed by atoms with Gasteiger partial charge in [0.25, 0.3) is 0 Å². The summed E-state index contributed by atoms with van der Waals surface area (Å²) in [7, 11) is 3.60. The number of nitrogens with zero attached hydrogens (tertiary/aromatic N) is 5. The second-order valence-corrected chi connectivity index (χ2v) is 13.4. The lowest BCUT2D eigenvalue weighted by molar-refractivity contribution is -0.135. The fourth-order valence-electron chi connectivity index (χ4n) is 3.88. The minimum Gasteiger partial charge on any atom is -0.470 e. The van der Waals surface area contributed by atoms with Crippen molar-refractivity contribution in [3.05, 3.63) is 78.4 Å². The van der Waals surface area contributed by atoms with Crippen LogP contribution in [-0.2, 0) is 9.53 Å². The zero-order chi connectivity index (χ0) is 32.7. The lowest BCUT2D eigenvalue weighted by Gasteiger charge is -2.38. The zero-order valence-corrected chi connectivity index (χ0v) is 27.6. The molecule has 1 aliphatic carbocycles. The van der Waals surface area contributed by atoms with Gasteiger partial charge in [0, 0.05) is 57.6 Å². The molecule has 1 N–H and O–H groups in total. The lowest BCUT2D eigenvalue weighted by atomic mass is 10.0. The molecule has 1 saturated heterocycles. The monoisotopic (exact) mass is 605 g/mol. The van der Waals surface area contributed by atoms with Crippen LogP contribution < -0.4 is 10.1 Å².